The lowest BCUT2D eigenvalue weighted by Crippen LogP contribution is -2.15. The van der Waals surface area contributed by atoms with E-state index in [-0.39, 0.29) is 6.04 Å². The van der Waals surface area contributed by atoms with Crippen LogP contribution in [-0.4, -0.2) is 0 Å². The molecule has 0 amide bonds. The predicted octanol–water partition coefficient (Wildman–Crippen LogP) is 3.86. The zero-order chi connectivity index (χ0) is 11.9. The lowest BCUT2D eigenvalue weighted by Gasteiger charge is -2.15. The van der Waals surface area contributed by atoms with Gasteiger partial charge in [0, 0.05) is 6.04 Å². The second-order valence-corrected chi connectivity index (χ2v) is 6.15. The van der Waals surface area contributed by atoms with E-state index in [1.54, 1.807) is 0 Å². The van der Waals surface area contributed by atoms with Crippen molar-refractivity contribution in [2.24, 2.45) is 17.1 Å². The highest BCUT2D eigenvalue weighted by atomic mass is 14.7. The lowest BCUT2D eigenvalue weighted by atomic mass is 9.95. The van der Waals surface area contributed by atoms with Crippen molar-refractivity contribution in [2.75, 3.05) is 0 Å². The van der Waals surface area contributed by atoms with Crippen molar-refractivity contribution < 1.29 is 0 Å². The van der Waals surface area contributed by atoms with Crippen LogP contribution in [0, 0.1) is 11.3 Å². The molecule has 0 radical (unpaired) electrons. The third-order valence-electron chi connectivity index (χ3n) is 4.01. The summed E-state index contributed by atoms with van der Waals surface area (Å²) in [5.41, 5.74) is 9.44. The molecular formula is C15H23N. The quantitative estimate of drug-likeness (QED) is 0.817. The summed E-state index contributed by atoms with van der Waals surface area (Å²) >= 11 is 0. The van der Waals surface area contributed by atoms with Gasteiger partial charge in [0.05, 0.1) is 0 Å². The third-order valence-corrected chi connectivity index (χ3v) is 4.01. The van der Waals surface area contributed by atoms with Crippen LogP contribution >= 0.6 is 0 Å². The van der Waals surface area contributed by atoms with E-state index in [0.29, 0.717) is 17.3 Å². The average Bonchev–Trinajstić information content (AvgIpc) is 2.87. The van der Waals surface area contributed by atoms with Gasteiger partial charge in [-0.2, -0.15) is 0 Å². The van der Waals surface area contributed by atoms with Gasteiger partial charge in [0.2, 0.25) is 0 Å². The molecular weight excluding hydrogens is 194 g/mol. The van der Waals surface area contributed by atoms with E-state index in [1.165, 1.54) is 17.5 Å². The third kappa shape index (κ3) is 2.15. The van der Waals surface area contributed by atoms with Crippen molar-refractivity contribution in [3.05, 3.63) is 35.4 Å². The zero-order valence-electron chi connectivity index (χ0n) is 10.8. The number of benzene rings is 1. The molecule has 0 saturated heterocycles. The van der Waals surface area contributed by atoms with Crippen LogP contribution in [0.15, 0.2) is 24.3 Å². The van der Waals surface area contributed by atoms with Crippen molar-refractivity contribution in [3.8, 4) is 0 Å². The van der Waals surface area contributed by atoms with E-state index in [1.807, 2.05) is 0 Å². The summed E-state index contributed by atoms with van der Waals surface area (Å²) in [5, 5.41) is 0. The Hall–Kier alpha value is -0.820. The fourth-order valence-electron chi connectivity index (χ4n) is 2.46. The highest BCUT2D eigenvalue weighted by molar-refractivity contribution is 5.28. The Morgan fingerprint density at radius 3 is 1.94 bits per heavy atom. The maximum atomic E-state index is 6.30. The number of hydrogen-bond acceptors (Lipinski definition) is 1. The van der Waals surface area contributed by atoms with Gasteiger partial charge in [0.1, 0.15) is 0 Å². The summed E-state index contributed by atoms with van der Waals surface area (Å²) < 4.78 is 0. The van der Waals surface area contributed by atoms with E-state index in [2.05, 4.69) is 52.0 Å². The van der Waals surface area contributed by atoms with Gasteiger partial charge in [0.15, 0.2) is 0 Å². The fourth-order valence-corrected chi connectivity index (χ4v) is 2.46. The summed E-state index contributed by atoms with van der Waals surface area (Å²) in [4.78, 5) is 0. The Kier molecular flexibility index (Phi) is 2.83. The molecule has 2 atom stereocenters. The Balaban J connectivity index is 2.10. The van der Waals surface area contributed by atoms with Gasteiger partial charge in [-0.3, -0.25) is 0 Å². The molecule has 1 aliphatic carbocycles. The van der Waals surface area contributed by atoms with Gasteiger partial charge in [-0.05, 0) is 34.8 Å². The molecule has 1 heteroatoms. The van der Waals surface area contributed by atoms with Crippen molar-refractivity contribution in [1.29, 1.82) is 0 Å². The summed E-state index contributed by atoms with van der Waals surface area (Å²) in [6.45, 7) is 9.05. The minimum Gasteiger partial charge on any atom is -0.324 e. The molecule has 1 saturated carbocycles. The maximum absolute atomic E-state index is 6.30. The molecule has 0 heterocycles. The molecule has 1 fully saturated rings. The van der Waals surface area contributed by atoms with Crippen molar-refractivity contribution >= 4 is 0 Å². The molecule has 2 N–H and O–H groups in total. The minimum atomic E-state index is 0.219. The first-order chi connectivity index (χ1) is 7.42. The van der Waals surface area contributed by atoms with E-state index in [9.17, 15) is 0 Å². The van der Waals surface area contributed by atoms with Gasteiger partial charge >= 0.3 is 0 Å². The van der Waals surface area contributed by atoms with Crippen LogP contribution in [0.5, 0.6) is 0 Å². The predicted molar refractivity (Wildman–Crippen MR) is 69.3 cm³/mol. The zero-order valence-corrected chi connectivity index (χ0v) is 10.8. The first kappa shape index (κ1) is 11.7. The molecule has 16 heavy (non-hydrogen) atoms. The van der Waals surface area contributed by atoms with Gasteiger partial charge < -0.3 is 5.73 Å². The Morgan fingerprint density at radius 1 is 1.12 bits per heavy atom. The second kappa shape index (κ2) is 3.89. The van der Waals surface area contributed by atoms with Gasteiger partial charge in [-0.15, -0.1) is 0 Å². The van der Waals surface area contributed by atoms with Crippen LogP contribution in [0.3, 0.4) is 0 Å². The van der Waals surface area contributed by atoms with Crippen molar-refractivity contribution in [2.45, 2.75) is 46.1 Å². The largest absolute Gasteiger partial charge is 0.324 e. The van der Waals surface area contributed by atoms with E-state index in [4.69, 9.17) is 5.73 Å². The van der Waals surface area contributed by atoms with E-state index < -0.39 is 0 Å². The standard InChI is InChI=1S/C15H23N/c1-10(2)11-5-7-12(8-6-11)14(16)13-9-15(13,3)4/h5-8,10,13-14H,9,16H2,1-4H3. The highest BCUT2D eigenvalue weighted by Crippen LogP contribution is 2.56. The van der Waals surface area contributed by atoms with Gasteiger partial charge in [-0.25, -0.2) is 0 Å². The Morgan fingerprint density at radius 2 is 1.56 bits per heavy atom. The Bertz CT molecular complexity index is 362. The first-order valence-electron chi connectivity index (χ1n) is 6.27. The first-order valence-corrected chi connectivity index (χ1v) is 6.27. The molecule has 0 bridgehead atoms. The van der Waals surface area contributed by atoms with E-state index in [0.717, 1.165) is 0 Å². The molecule has 0 aromatic heterocycles. The van der Waals surface area contributed by atoms with Crippen LogP contribution in [0.1, 0.15) is 57.2 Å². The molecule has 0 aliphatic heterocycles. The monoisotopic (exact) mass is 217 g/mol. The highest BCUT2D eigenvalue weighted by Gasteiger charge is 2.49. The van der Waals surface area contributed by atoms with Crippen LogP contribution in [0.2, 0.25) is 0 Å². The Labute approximate surface area is 99.0 Å². The summed E-state index contributed by atoms with van der Waals surface area (Å²) in [7, 11) is 0. The summed E-state index contributed by atoms with van der Waals surface area (Å²) in [6, 6.07) is 9.06. The molecule has 1 nitrogen and oxygen atoms in total. The SMILES string of the molecule is CC(C)c1ccc(C(N)C2CC2(C)C)cc1. The molecule has 2 rings (SSSR count). The minimum absolute atomic E-state index is 0.219. The average molecular weight is 217 g/mol. The number of hydrogen-bond donors (Lipinski definition) is 1. The molecule has 1 aliphatic rings. The summed E-state index contributed by atoms with van der Waals surface area (Å²) in [5.74, 6) is 1.26. The van der Waals surface area contributed by atoms with E-state index >= 15 is 0 Å². The molecule has 1 aromatic carbocycles. The fraction of sp³-hybridized carbons (Fsp3) is 0.600. The normalized spacial score (nSPS) is 24.5. The number of rotatable bonds is 3. The lowest BCUT2D eigenvalue weighted by molar-refractivity contribution is 0.491. The van der Waals surface area contributed by atoms with Crippen LogP contribution < -0.4 is 5.73 Å². The van der Waals surface area contributed by atoms with Crippen molar-refractivity contribution in [3.63, 3.8) is 0 Å². The topological polar surface area (TPSA) is 26.0 Å². The maximum Gasteiger partial charge on any atom is 0.0328 e. The molecule has 2 unspecified atom stereocenters. The van der Waals surface area contributed by atoms with Gasteiger partial charge in [-0.1, -0.05) is 52.0 Å². The van der Waals surface area contributed by atoms with Crippen LogP contribution in [0.25, 0.3) is 0 Å². The molecule has 0 spiro atoms. The number of nitrogens with two attached hydrogens (primary N) is 1. The van der Waals surface area contributed by atoms with Crippen molar-refractivity contribution in [1.82, 2.24) is 0 Å². The van der Waals surface area contributed by atoms with Crippen LogP contribution in [0.4, 0.5) is 0 Å². The molecule has 1 aromatic rings. The smallest absolute Gasteiger partial charge is 0.0328 e. The molecule has 88 valence electrons. The van der Waals surface area contributed by atoms with Crippen LogP contribution in [-0.2, 0) is 0 Å². The van der Waals surface area contributed by atoms with Gasteiger partial charge in [0.25, 0.3) is 0 Å². The second-order valence-electron chi connectivity index (χ2n) is 6.15. The summed E-state index contributed by atoms with van der Waals surface area (Å²) in [6.07, 6.45) is 1.26.